The molecule has 1 amide bonds. The Hall–Kier alpha value is -2.16. The van der Waals surface area contributed by atoms with E-state index < -0.39 is 15.7 Å². The maximum absolute atomic E-state index is 12.5. The Morgan fingerprint density at radius 1 is 1.12 bits per heavy atom. The first kappa shape index (κ1) is 18.6. The number of amides is 1. The van der Waals surface area contributed by atoms with Crippen molar-refractivity contribution in [1.82, 2.24) is 4.98 Å². The molecule has 0 aliphatic heterocycles. The van der Waals surface area contributed by atoms with E-state index in [1.807, 2.05) is 24.4 Å². The van der Waals surface area contributed by atoms with Gasteiger partial charge in [0.1, 0.15) is 0 Å². The number of carbonyl (C=O) groups is 1. The molecule has 134 valence electrons. The Morgan fingerprint density at radius 3 is 2.42 bits per heavy atom. The average Bonchev–Trinajstić information content (AvgIpc) is 3.01. The van der Waals surface area contributed by atoms with Crippen LogP contribution in [0.25, 0.3) is 0 Å². The van der Waals surface area contributed by atoms with Gasteiger partial charge in [0.15, 0.2) is 14.2 Å². The number of hydrogen-bond donors (Lipinski definition) is 1. The van der Waals surface area contributed by atoms with Crippen LogP contribution in [0.15, 0.2) is 68.0 Å². The minimum Gasteiger partial charge on any atom is -0.322 e. The van der Waals surface area contributed by atoms with Gasteiger partial charge in [0.2, 0.25) is 0 Å². The van der Waals surface area contributed by atoms with Gasteiger partial charge in [-0.05, 0) is 43.3 Å². The molecule has 0 saturated heterocycles. The fourth-order valence-electron chi connectivity index (χ4n) is 2.26. The van der Waals surface area contributed by atoms with Crippen molar-refractivity contribution in [2.45, 2.75) is 21.1 Å². The van der Waals surface area contributed by atoms with Crippen LogP contribution >= 0.6 is 23.1 Å². The summed E-state index contributed by atoms with van der Waals surface area (Å²) in [6.45, 7) is 1.95. The van der Waals surface area contributed by atoms with E-state index in [1.54, 1.807) is 47.4 Å². The minimum absolute atomic E-state index is 0.0174. The zero-order valence-electron chi connectivity index (χ0n) is 14.1. The van der Waals surface area contributed by atoms with Crippen LogP contribution in [0.2, 0.25) is 0 Å². The SMILES string of the molecule is Cc1csc(Sc2ccc(NC(=O)c3ccccc3S(C)(=O)=O)cc2)n1. The third-order valence-corrected chi connectivity index (χ3v) is 6.67. The molecule has 0 spiro atoms. The van der Waals surface area contributed by atoms with E-state index in [4.69, 9.17) is 0 Å². The van der Waals surface area contributed by atoms with Crippen molar-refractivity contribution in [2.24, 2.45) is 0 Å². The summed E-state index contributed by atoms with van der Waals surface area (Å²) in [6.07, 6.45) is 1.09. The predicted octanol–water partition coefficient (Wildman–Crippen LogP) is 4.26. The van der Waals surface area contributed by atoms with E-state index in [0.717, 1.165) is 21.2 Å². The number of benzene rings is 2. The second kappa shape index (κ2) is 7.61. The highest BCUT2D eigenvalue weighted by atomic mass is 32.2. The summed E-state index contributed by atoms with van der Waals surface area (Å²) in [5.41, 5.74) is 1.72. The zero-order chi connectivity index (χ0) is 18.7. The molecule has 0 saturated carbocycles. The molecule has 3 rings (SSSR count). The first-order valence-electron chi connectivity index (χ1n) is 7.63. The van der Waals surface area contributed by atoms with Crippen molar-refractivity contribution in [3.05, 3.63) is 65.2 Å². The number of sulfone groups is 1. The Morgan fingerprint density at radius 2 is 1.81 bits per heavy atom. The van der Waals surface area contributed by atoms with E-state index >= 15 is 0 Å². The molecule has 1 N–H and O–H groups in total. The van der Waals surface area contributed by atoms with Crippen molar-refractivity contribution < 1.29 is 13.2 Å². The summed E-state index contributed by atoms with van der Waals surface area (Å²) < 4.78 is 24.6. The number of thiazole rings is 1. The van der Waals surface area contributed by atoms with Crippen LogP contribution in [-0.2, 0) is 9.84 Å². The Kier molecular flexibility index (Phi) is 5.45. The molecule has 0 aliphatic rings. The summed E-state index contributed by atoms with van der Waals surface area (Å²) in [4.78, 5) is 17.9. The zero-order valence-corrected chi connectivity index (χ0v) is 16.5. The Labute approximate surface area is 160 Å². The second-order valence-electron chi connectivity index (χ2n) is 5.60. The number of aromatic nitrogens is 1. The van der Waals surface area contributed by atoms with E-state index in [2.05, 4.69) is 10.3 Å². The van der Waals surface area contributed by atoms with E-state index in [0.29, 0.717) is 5.69 Å². The summed E-state index contributed by atoms with van der Waals surface area (Å²) in [6, 6.07) is 13.5. The van der Waals surface area contributed by atoms with Gasteiger partial charge in [-0.1, -0.05) is 23.9 Å². The fraction of sp³-hybridized carbons (Fsp3) is 0.111. The molecule has 26 heavy (non-hydrogen) atoms. The molecule has 1 aromatic heterocycles. The number of aryl methyl sites for hydroxylation is 1. The standard InChI is InChI=1S/C18H16N2O3S3/c1-12-11-24-18(19-12)25-14-9-7-13(8-10-14)20-17(21)15-5-3-4-6-16(15)26(2,22)23/h3-11H,1-2H3,(H,20,21). The van der Waals surface area contributed by atoms with E-state index in [-0.39, 0.29) is 10.5 Å². The van der Waals surface area contributed by atoms with Gasteiger partial charge in [-0.25, -0.2) is 13.4 Å². The van der Waals surface area contributed by atoms with Crippen LogP contribution in [0.1, 0.15) is 16.1 Å². The van der Waals surface area contributed by atoms with Gasteiger partial charge in [0.25, 0.3) is 5.91 Å². The van der Waals surface area contributed by atoms with Gasteiger partial charge in [-0.2, -0.15) is 0 Å². The molecule has 0 atom stereocenters. The Bertz CT molecular complexity index is 1040. The van der Waals surface area contributed by atoms with Crippen molar-refractivity contribution >= 4 is 44.5 Å². The Balaban J connectivity index is 1.74. The molecule has 0 aliphatic carbocycles. The number of anilines is 1. The first-order chi connectivity index (χ1) is 12.3. The van der Waals surface area contributed by atoms with Crippen LogP contribution < -0.4 is 5.32 Å². The second-order valence-corrected chi connectivity index (χ2v) is 9.77. The normalized spacial score (nSPS) is 11.3. The number of hydrogen-bond acceptors (Lipinski definition) is 6. The van der Waals surface area contributed by atoms with E-state index in [1.165, 1.54) is 12.1 Å². The highest BCUT2D eigenvalue weighted by molar-refractivity contribution is 8.01. The first-order valence-corrected chi connectivity index (χ1v) is 11.2. The van der Waals surface area contributed by atoms with Gasteiger partial charge in [-0.15, -0.1) is 11.3 Å². The molecular weight excluding hydrogens is 388 g/mol. The predicted molar refractivity (Wildman–Crippen MR) is 105 cm³/mol. The van der Waals surface area contributed by atoms with Gasteiger partial charge in [0, 0.05) is 27.9 Å². The number of nitrogens with zero attached hydrogens (tertiary/aromatic N) is 1. The average molecular weight is 405 g/mol. The highest BCUT2D eigenvalue weighted by Gasteiger charge is 2.18. The van der Waals surface area contributed by atoms with Gasteiger partial charge >= 0.3 is 0 Å². The van der Waals surface area contributed by atoms with Crippen LogP contribution in [0, 0.1) is 6.92 Å². The molecule has 8 heteroatoms. The minimum atomic E-state index is -3.48. The van der Waals surface area contributed by atoms with Gasteiger partial charge < -0.3 is 5.32 Å². The van der Waals surface area contributed by atoms with Crippen molar-refractivity contribution in [1.29, 1.82) is 0 Å². The van der Waals surface area contributed by atoms with Crippen molar-refractivity contribution in [3.8, 4) is 0 Å². The van der Waals surface area contributed by atoms with Gasteiger partial charge in [0.05, 0.1) is 10.5 Å². The smallest absolute Gasteiger partial charge is 0.256 e. The number of nitrogens with one attached hydrogen (secondary N) is 1. The summed E-state index contributed by atoms with van der Waals surface area (Å²) in [5, 5.41) is 4.74. The molecule has 3 aromatic rings. The number of carbonyl (C=O) groups excluding carboxylic acids is 1. The summed E-state index contributed by atoms with van der Waals surface area (Å²) in [7, 11) is -3.48. The van der Waals surface area contributed by atoms with Gasteiger partial charge in [-0.3, -0.25) is 4.79 Å². The third-order valence-electron chi connectivity index (χ3n) is 3.45. The van der Waals surface area contributed by atoms with Crippen LogP contribution in [0.4, 0.5) is 5.69 Å². The molecule has 5 nitrogen and oxygen atoms in total. The van der Waals surface area contributed by atoms with Crippen molar-refractivity contribution in [2.75, 3.05) is 11.6 Å². The summed E-state index contributed by atoms with van der Waals surface area (Å²) >= 11 is 3.14. The largest absolute Gasteiger partial charge is 0.322 e. The number of rotatable bonds is 5. The fourth-order valence-corrected chi connectivity index (χ4v) is 4.96. The van der Waals surface area contributed by atoms with Crippen LogP contribution in [-0.4, -0.2) is 25.6 Å². The van der Waals surface area contributed by atoms with Crippen LogP contribution in [0.5, 0.6) is 0 Å². The molecule has 0 unspecified atom stereocenters. The topological polar surface area (TPSA) is 76.1 Å². The molecule has 0 radical (unpaired) electrons. The third kappa shape index (κ3) is 4.51. The lowest BCUT2D eigenvalue weighted by atomic mass is 10.2. The van der Waals surface area contributed by atoms with Crippen molar-refractivity contribution in [3.63, 3.8) is 0 Å². The molecular formula is C18H16N2O3S3. The summed E-state index contributed by atoms with van der Waals surface area (Å²) in [5.74, 6) is -0.457. The monoisotopic (exact) mass is 404 g/mol. The lowest BCUT2D eigenvalue weighted by molar-refractivity contribution is 0.102. The quantitative estimate of drug-likeness (QED) is 0.688. The molecule has 0 bridgehead atoms. The maximum atomic E-state index is 12.5. The van der Waals surface area contributed by atoms with E-state index in [9.17, 15) is 13.2 Å². The lowest BCUT2D eigenvalue weighted by Gasteiger charge is -2.09. The highest BCUT2D eigenvalue weighted by Crippen LogP contribution is 2.31. The lowest BCUT2D eigenvalue weighted by Crippen LogP contribution is -2.15. The molecule has 2 aromatic carbocycles. The molecule has 1 heterocycles. The molecule has 0 fully saturated rings. The maximum Gasteiger partial charge on any atom is 0.256 e. The van der Waals surface area contributed by atoms with Crippen LogP contribution in [0.3, 0.4) is 0 Å².